The Morgan fingerprint density at radius 1 is 1.56 bits per heavy atom. The Labute approximate surface area is 109 Å². The minimum atomic E-state index is -0.548. The molecule has 1 atom stereocenters. The van der Waals surface area contributed by atoms with Crippen LogP contribution in [-0.4, -0.2) is 23.6 Å². The van der Waals surface area contributed by atoms with Crippen molar-refractivity contribution in [2.24, 2.45) is 5.73 Å². The highest BCUT2D eigenvalue weighted by Gasteiger charge is 2.24. The summed E-state index contributed by atoms with van der Waals surface area (Å²) < 4.78 is 18.8. The van der Waals surface area contributed by atoms with E-state index in [2.05, 4.69) is 5.32 Å². The van der Waals surface area contributed by atoms with Crippen LogP contribution in [0.25, 0.3) is 0 Å². The lowest BCUT2D eigenvalue weighted by atomic mass is 10.1. The number of nitrogens with one attached hydrogen (secondary N) is 1. The summed E-state index contributed by atoms with van der Waals surface area (Å²) in [6.45, 7) is 0.573. The number of hydrogen-bond donors (Lipinski definition) is 2. The van der Waals surface area contributed by atoms with Crippen LogP contribution in [0, 0.1) is 5.82 Å². The number of thiocarbonyl (C=S) groups is 1. The summed E-state index contributed by atoms with van der Waals surface area (Å²) in [5.41, 5.74) is 5.79. The van der Waals surface area contributed by atoms with Crippen molar-refractivity contribution in [2.45, 2.75) is 18.9 Å². The van der Waals surface area contributed by atoms with Crippen LogP contribution in [0.15, 0.2) is 18.2 Å². The zero-order valence-electron chi connectivity index (χ0n) is 9.61. The van der Waals surface area contributed by atoms with Gasteiger partial charge in [0.25, 0.3) is 5.91 Å². The molecule has 2 rings (SSSR count). The molecule has 1 aromatic rings. The Morgan fingerprint density at radius 2 is 2.33 bits per heavy atom. The summed E-state index contributed by atoms with van der Waals surface area (Å²) in [7, 11) is 0. The van der Waals surface area contributed by atoms with Gasteiger partial charge in [-0.2, -0.15) is 0 Å². The van der Waals surface area contributed by atoms with E-state index in [0.717, 1.165) is 6.42 Å². The predicted octanol–water partition coefficient (Wildman–Crippen LogP) is 1.58. The molecule has 1 aliphatic rings. The van der Waals surface area contributed by atoms with Crippen molar-refractivity contribution in [1.82, 2.24) is 0 Å². The number of halogens is 1. The maximum Gasteiger partial charge on any atom is 0.253 e. The van der Waals surface area contributed by atoms with Crippen LogP contribution in [0.4, 0.5) is 10.1 Å². The number of carbonyl (C=O) groups is 1. The average molecular weight is 268 g/mol. The molecule has 1 amide bonds. The maximum atomic E-state index is 13.6. The van der Waals surface area contributed by atoms with Crippen LogP contribution in [0.3, 0.4) is 0 Å². The third-order valence-electron chi connectivity index (χ3n) is 2.74. The number of carbonyl (C=O) groups excluding carboxylic acids is 1. The summed E-state index contributed by atoms with van der Waals surface area (Å²) in [6.07, 6.45) is 1.04. The second-order valence-corrected chi connectivity index (χ2v) is 4.46. The third-order valence-corrected chi connectivity index (χ3v) is 2.94. The first-order valence-electron chi connectivity index (χ1n) is 5.60. The molecule has 1 saturated heterocycles. The van der Waals surface area contributed by atoms with Crippen molar-refractivity contribution in [1.29, 1.82) is 0 Å². The Balaban J connectivity index is 2.20. The molecule has 6 heteroatoms. The van der Waals surface area contributed by atoms with Crippen molar-refractivity contribution in [2.75, 3.05) is 11.9 Å². The van der Waals surface area contributed by atoms with E-state index < -0.39 is 11.9 Å². The first-order chi connectivity index (χ1) is 8.59. The summed E-state index contributed by atoms with van der Waals surface area (Å²) in [5, 5.41) is 2.60. The number of benzene rings is 1. The van der Waals surface area contributed by atoms with Gasteiger partial charge in [0, 0.05) is 6.61 Å². The smallest absolute Gasteiger partial charge is 0.253 e. The average Bonchev–Trinajstić information content (AvgIpc) is 2.81. The quantitative estimate of drug-likeness (QED) is 0.817. The molecule has 1 fully saturated rings. The monoisotopic (exact) mass is 268 g/mol. The van der Waals surface area contributed by atoms with E-state index in [0.29, 0.717) is 13.0 Å². The molecule has 3 N–H and O–H groups in total. The Morgan fingerprint density at radius 3 is 2.94 bits per heavy atom. The van der Waals surface area contributed by atoms with E-state index in [1.165, 1.54) is 12.1 Å². The molecular weight excluding hydrogens is 255 g/mol. The van der Waals surface area contributed by atoms with E-state index in [4.69, 9.17) is 22.7 Å². The van der Waals surface area contributed by atoms with Crippen molar-refractivity contribution >= 4 is 28.8 Å². The molecule has 1 aromatic carbocycles. The van der Waals surface area contributed by atoms with Gasteiger partial charge in [-0.1, -0.05) is 18.3 Å². The van der Waals surface area contributed by atoms with Gasteiger partial charge in [0.2, 0.25) is 0 Å². The minimum absolute atomic E-state index is 0.0545. The molecule has 0 saturated carbocycles. The SMILES string of the molecule is NC(=S)c1c(F)cccc1NC(=O)C1CCCO1. The summed E-state index contributed by atoms with van der Waals surface area (Å²) >= 11 is 4.78. The number of hydrogen-bond acceptors (Lipinski definition) is 3. The molecule has 1 aliphatic heterocycles. The van der Waals surface area contributed by atoms with Crippen molar-refractivity contribution in [3.05, 3.63) is 29.6 Å². The predicted molar refractivity (Wildman–Crippen MR) is 69.9 cm³/mol. The Hall–Kier alpha value is -1.53. The second kappa shape index (κ2) is 5.41. The van der Waals surface area contributed by atoms with Crippen LogP contribution < -0.4 is 11.1 Å². The van der Waals surface area contributed by atoms with Crippen LogP contribution in [0.5, 0.6) is 0 Å². The van der Waals surface area contributed by atoms with Crippen LogP contribution in [-0.2, 0) is 9.53 Å². The molecule has 0 radical (unpaired) electrons. The lowest BCUT2D eigenvalue weighted by Gasteiger charge is -2.13. The van der Waals surface area contributed by atoms with Gasteiger partial charge >= 0.3 is 0 Å². The fourth-order valence-electron chi connectivity index (χ4n) is 1.88. The van der Waals surface area contributed by atoms with Gasteiger partial charge in [-0.15, -0.1) is 0 Å². The molecule has 1 unspecified atom stereocenters. The van der Waals surface area contributed by atoms with Crippen LogP contribution >= 0.6 is 12.2 Å². The number of rotatable bonds is 3. The largest absolute Gasteiger partial charge is 0.389 e. The summed E-state index contributed by atoms with van der Waals surface area (Å²) in [4.78, 5) is 11.8. The van der Waals surface area contributed by atoms with E-state index in [-0.39, 0.29) is 22.1 Å². The number of ether oxygens (including phenoxy) is 1. The molecule has 96 valence electrons. The summed E-state index contributed by atoms with van der Waals surface area (Å²) in [5.74, 6) is -0.844. The standard InChI is InChI=1S/C12H13FN2O2S/c13-7-3-1-4-8(10(7)11(14)18)15-12(16)9-5-2-6-17-9/h1,3-4,9H,2,5-6H2,(H2,14,18)(H,15,16). The highest BCUT2D eigenvalue weighted by molar-refractivity contribution is 7.80. The van der Waals surface area contributed by atoms with Gasteiger partial charge in [0.15, 0.2) is 0 Å². The van der Waals surface area contributed by atoms with Gasteiger partial charge < -0.3 is 15.8 Å². The fourth-order valence-corrected chi connectivity index (χ4v) is 2.08. The molecule has 0 aliphatic carbocycles. The molecule has 4 nitrogen and oxygen atoms in total. The molecule has 1 heterocycles. The number of anilines is 1. The zero-order valence-corrected chi connectivity index (χ0v) is 10.4. The normalized spacial score (nSPS) is 18.6. The van der Waals surface area contributed by atoms with Crippen molar-refractivity contribution in [3.8, 4) is 0 Å². The van der Waals surface area contributed by atoms with Crippen molar-refractivity contribution < 1.29 is 13.9 Å². The highest BCUT2D eigenvalue weighted by Crippen LogP contribution is 2.21. The van der Waals surface area contributed by atoms with Crippen LogP contribution in [0.2, 0.25) is 0 Å². The second-order valence-electron chi connectivity index (χ2n) is 4.02. The Kier molecular flexibility index (Phi) is 3.88. The van der Waals surface area contributed by atoms with E-state index in [1.54, 1.807) is 6.07 Å². The van der Waals surface area contributed by atoms with E-state index in [9.17, 15) is 9.18 Å². The third kappa shape index (κ3) is 2.65. The molecule has 18 heavy (non-hydrogen) atoms. The van der Waals surface area contributed by atoms with Gasteiger partial charge in [-0.3, -0.25) is 4.79 Å². The molecular formula is C12H13FN2O2S. The lowest BCUT2D eigenvalue weighted by molar-refractivity contribution is -0.124. The lowest BCUT2D eigenvalue weighted by Crippen LogP contribution is -2.28. The molecule has 0 aromatic heterocycles. The van der Waals surface area contributed by atoms with Gasteiger partial charge in [-0.25, -0.2) is 4.39 Å². The van der Waals surface area contributed by atoms with Crippen LogP contribution in [0.1, 0.15) is 18.4 Å². The van der Waals surface area contributed by atoms with Gasteiger partial charge in [0.05, 0.1) is 11.3 Å². The molecule has 0 spiro atoms. The summed E-state index contributed by atoms with van der Waals surface area (Å²) in [6, 6.07) is 4.29. The zero-order chi connectivity index (χ0) is 13.1. The molecule has 0 bridgehead atoms. The fraction of sp³-hybridized carbons (Fsp3) is 0.333. The number of nitrogens with two attached hydrogens (primary N) is 1. The first kappa shape index (κ1) is 12.9. The van der Waals surface area contributed by atoms with Gasteiger partial charge in [-0.05, 0) is 25.0 Å². The van der Waals surface area contributed by atoms with E-state index >= 15 is 0 Å². The topological polar surface area (TPSA) is 64.3 Å². The van der Waals surface area contributed by atoms with E-state index in [1.807, 2.05) is 0 Å². The minimum Gasteiger partial charge on any atom is -0.389 e. The van der Waals surface area contributed by atoms with Gasteiger partial charge in [0.1, 0.15) is 16.9 Å². The first-order valence-corrected chi connectivity index (χ1v) is 6.01. The van der Waals surface area contributed by atoms with Crippen molar-refractivity contribution in [3.63, 3.8) is 0 Å². The Bertz CT molecular complexity index is 487. The highest BCUT2D eigenvalue weighted by atomic mass is 32.1. The number of amides is 1. The maximum absolute atomic E-state index is 13.6.